The molecule has 1 aliphatic carbocycles. The molecule has 0 saturated heterocycles. The van der Waals surface area contributed by atoms with Crippen LogP contribution in [0.15, 0.2) is 24.3 Å². The first-order valence-corrected chi connectivity index (χ1v) is 5.93. The molecule has 104 valence electrons. The van der Waals surface area contributed by atoms with Crippen molar-refractivity contribution in [2.45, 2.75) is 31.1 Å². The van der Waals surface area contributed by atoms with Crippen LogP contribution in [0.1, 0.15) is 30.0 Å². The average molecular weight is 273 g/mol. The molecule has 1 aromatic rings. The molecule has 1 unspecified atom stereocenters. The maximum Gasteiger partial charge on any atom is 0.416 e. The summed E-state index contributed by atoms with van der Waals surface area (Å²) in [5.41, 5.74) is -0.252. The van der Waals surface area contributed by atoms with Crippen LogP contribution in [-0.4, -0.2) is 19.1 Å². The number of halogens is 3. The van der Waals surface area contributed by atoms with Gasteiger partial charge in [-0.2, -0.15) is 13.2 Å². The van der Waals surface area contributed by atoms with Crippen LogP contribution in [0.2, 0.25) is 0 Å². The molecule has 2 rings (SSSR count). The fourth-order valence-corrected chi connectivity index (χ4v) is 1.77. The van der Waals surface area contributed by atoms with Crippen LogP contribution in [0.25, 0.3) is 0 Å². The SMILES string of the molecule is COC(=O)C(NC1CC1)c1ccc(C(F)(F)F)cc1. The van der Waals surface area contributed by atoms with Crippen LogP contribution in [0.4, 0.5) is 13.2 Å². The summed E-state index contributed by atoms with van der Waals surface area (Å²) >= 11 is 0. The zero-order chi connectivity index (χ0) is 14.0. The fourth-order valence-electron chi connectivity index (χ4n) is 1.77. The van der Waals surface area contributed by atoms with E-state index in [0.29, 0.717) is 5.56 Å². The zero-order valence-corrected chi connectivity index (χ0v) is 10.3. The number of rotatable bonds is 4. The van der Waals surface area contributed by atoms with Gasteiger partial charge in [-0.3, -0.25) is 5.32 Å². The molecule has 1 aromatic carbocycles. The lowest BCUT2D eigenvalue weighted by atomic mass is 10.0. The highest BCUT2D eigenvalue weighted by Crippen LogP contribution is 2.31. The van der Waals surface area contributed by atoms with Gasteiger partial charge < -0.3 is 4.74 Å². The van der Waals surface area contributed by atoms with Crippen molar-refractivity contribution in [3.05, 3.63) is 35.4 Å². The summed E-state index contributed by atoms with van der Waals surface area (Å²) in [7, 11) is 1.26. The molecular formula is C13H14F3NO2. The topological polar surface area (TPSA) is 38.3 Å². The van der Waals surface area contributed by atoms with Gasteiger partial charge in [-0.1, -0.05) is 12.1 Å². The van der Waals surface area contributed by atoms with Gasteiger partial charge in [0.2, 0.25) is 0 Å². The summed E-state index contributed by atoms with van der Waals surface area (Å²) in [4.78, 5) is 11.7. The molecule has 3 nitrogen and oxygen atoms in total. The molecule has 0 aromatic heterocycles. The third-order valence-electron chi connectivity index (χ3n) is 2.99. The van der Waals surface area contributed by atoms with E-state index in [2.05, 4.69) is 10.1 Å². The second kappa shape index (κ2) is 5.21. The predicted molar refractivity (Wildman–Crippen MR) is 62.4 cm³/mol. The van der Waals surface area contributed by atoms with E-state index in [1.165, 1.54) is 19.2 Å². The maximum absolute atomic E-state index is 12.5. The minimum atomic E-state index is -4.37. The quantitative estimate of drug-likeness (QED) is 0.857. The predicted octanol–water partition coefficient (Wildman–Crippen LogP) is 2.67. The molecule has 1 atom stereocenters. The van der Waals surface area contributed by atoms with E-state index >= 15 is 0 Å². The van der Waals surface area contributed by atoms with Gasteiger partial charge in [0, 0.05) is 6.04 Å². The minimum absolute atomic E-state index is 0.242. The van der Waals surface area contributed by atoms with Crippen LogP contribution in [0.5, 0.6) is 0 Å². The number of alkyl halides is 3. The van der Waals surface area contributed by atoms with Crippen LogP contribution >= 0.6 is 0 Å². The van der Waals surface area contributed by atoms with Crippen molar-refractivity contribution in [2.24, 2.45) is 0 Å². The van der Waals surface area contributed by atoms with E-state index in [4.69, 9.17) is 0 Å². The van der Waals surface area contributed by atoms with Crippen molar-refractivity contribution in [2.75, 3.05) is 7.11 Å². The van der Waals surface area contributed by atoms with Gasteiger partial charge >= 0.3 is 12.1 Å². The third kappa shape index (κ3) is 3.47. The molecular weight excluding hydrogens is 259 g/mol. The van der Waals surface area contributed by atoms with E-state index in [1.54, 1.807) is 0 Å². The Hall–Kier alpha value is -1.56. The molecule has 1 saturated carbocycles. The van der Waals surface area contributed by atoms with E-state index in [0.717, 1.165) is 25.0 Å². The van der Waals surface area contributed by atoms with Crippen LogP contribution in [0.3, 0.4) is 0 Å². The Balaban J connectivity index is 2.18. The summed E-state index contributed by atoms with van der Waals surface area (Å²) < 4.78 is 42.0. The molecule has 0 radical (unpaired) electrons. The van der Waals surface area contributed by atoms with E-state index in [9.17, 15) is 18.0 Å². The minimum Gasteiger partial charge on any atom is -0.468 e. The second-order valence-electron chi connectivity index (χ2n) is 4.52. The number of nitrogens with one attached hydrogen (secondary N) is 1. The summed E-state index contributed by atoms with van der Waals surface area (Å²) in [5, 5.41) is 3.06. The number of benzene rings is 1. The summed E-state index contributed by atoms with van der Waals surface area (Å²) in [6.45, 7) is 0. The number of hydrogen-bond donors (Lipinski definition) is 1. The normalized spacial score (nSPS) is 17.1. The molecule has 0 spiro atoms. The van der Waals surface area contributed by atoms with Crippen molar-refractivity contribution in [3.63, 3.8) is 0 Å². The number of ether oxygens (including phenoxy) is 1. The monoisotopic (exact) mass is 273 g/mol. The van der Waals surface area contributed by atoms with Crippen LogP contribution in [-0.2, 0) is 15.7 Å². The Kier molecular flexibility index (Phi) is 3.80. The Morgan fingerprint density at radius 2 is 1.89 bits per heavy atom. The summed E-state index contributed by atoms with van der Waals surface area (Å²) in [6.07, 6.45) is -2.44. The first-order chi connectivity index (χ1) is 8.91. The Labute approximate surface area is 108 Å². The lowest BCUT2D eigenvalue weighted by Gasteiger charge is -2.17. The molecule has 0 amide bonds. The van der Waals surface area contributed by atoms with Gasteiger partial charge in [0.1, 0.15) is 6.04 Å². The van der Waals surface area contributed by atoms with Crippen molar-refractivity contribution >= 4 is 5.97 Å². The van der Waals surface area contributed by atoms with Crippen molar-refractivity contribution < 1.29 is 22.7 Å². The molecule has 19 heavy (non-hydrogen) atoms. The van der Waals surface area contributed by atoms with Gasteiger partial charge in [0.05, 0.1) is 12.7 Å². The third-order valence-corrected chi connectivity index (χ3v) is 2.99. The number of hydrogen-bond acceptors (Lipinski definition) is 3. The van der Waals surface area contributed by atoms with Crippen LogP contribution in [0, 0.1) is 0 Å². The molecule has 1 aliphatic rings. The van der Waals surface area contributed by atoms with Gasteiger partial charge in [-0.05, 0) is 30.5 Å². The number of carbonyl (C=O) groups is 1. The largest absolute Gasteiger partial charge is 0.468 e. The summed E-state index contributed by atoms with van der Waals surface area (Å²) in [5.74, 6) is -0.494. The first kappa shape index (κ1) is 13.9. The molecule has 6 heteroatoms. The smallest absolute Gasteiger partial charge is 0.416 e. The highest BCUT2D eigenvalue weighted by Gasteiger charge is 2.32. The Morgan fingerprint density at radius 1 is 1.32 bits per heavy atom. The standard InChI is InChI=1S/C13H14F3NO2/c1-19-12(18)11(17-10-6-7-10)8-2-4-9(5-3-8)13(14,15)16/h2-5,10-11,17H,6-7H2,1H3. The molecule has 0 heterocycles. The number of esters is 1. The van der Waals surface area contributed by atoms with Gasteiger partial charge in [0.25, 0.3) is 0 Å². The van der Waals surface area contributed by atoms with Crippen molar-refractivity contribution in [1.29, 1.82) is 0 Å². The van der Waals surface area contributed by atoms with E-state index in [1.807, 2.05) is 0 Å². The highest BCUT2D eigenvalue weighted by molar-refractivity contribution is 5.77. The molecule has 1 N–H and O–H groups in total. The molecule has 1 fully saturated rings. The fraction of sp³-hybridized carbons (Fsp3) is 0.462. The summed E-state index contributed by atoms with van der Waals surface area (Å²) in [6, 6.07) is 4.09. The van der Waals surface area contributed by atoms with E-state index in [-0.39, 0.29) is 6.04 Å². The van der Waals surface area contributed by atoms with Crippen molar-refractivity contribution in [3.8, 4) is 0 Å². The lowest BCUT2D eigenvalue weighted by Crippen LogP contribution is -2.31. The van der Waals surface area contributed by atoms with E-state index < -0.39 is 23.8 Å². The zero-order valence-electron chi connectivity index (χ0n) is 10.3. The average Bonchev–Trinajstić information content (AvgIpc) is 3.18. The lowest BCUT2D eigenvalue weighted by molar-refractivity contribution is -0.143. The van der Waals surface area contributed by atoms with Gasteiger partial charge in [-0.25, -0.2) is 4.79 Å². The number of carbonyl (C=O) groups excluding carboxylic acids is 1. The Bertz CT molecular complexity index is 452. The van der Waals surface area contributed by atoms with Crippen LogP contribution < -0.4 is 5.32 Å². The first-order valence-electron chi connectivity index (χ1n) is 5.93. The maximum atomic E-state index is 12.5. The van der Waals surface area contributed by atoms with Gasteiger partial charge in [0.15, 0.2) is 0 Å². The van der Waals surface area contributed by atoms with Crippen molar-refractivity contribution in [1.82, 2.24) is 5.32 Å². The van der Waals surface area contributed by atoms with Gasteiger partial charge in [-0.15, -0.1) is 0 Å². The Morgan fingerprint density at radius 3 is 2.32 bits per heavy atom. The number of methoxy groups -OCH3 is 1. The molecule has 0 bridgehead atoms. The highest BCUT2D eigenvalue weighted by atomic mass is 19.4. The second-order valence-corrected chi connectivity index (χ2v) is 4.52. The molecule has 0 aliphatic heterocycles.